The first-order valence-electron chi connectivity index (χ1n) is 3.33. The summed E-state index contributed by atoms with van der Waals surface area (Å²) in [5.74, 6) is -1.62. The smallest absolute Gasteiger partial charge is 0.342 e. The number of hydrogen-bond donors (Lipinski definition) is 0. The number of ether oxygens (including phenoxy) is 1. The van der Waals surface area contributed by atoms with Crippen molar-refractivity contribution in [3.8, 4) is 6.07 Å². The summed E-state index contributed by atoms with van der Waals surface area (Å²) in [6.45, 7) is 0. The fourth-order valence-corrected chi connectivity index (χ4v) is 0.752. The molecule has 1 heterocycles. The topological polar surface area (TPSA) is 63.0 Å². The van der Waals surface area contributed by atoms with Crippen LogP contribution >= 0.6 is 0 Å². The van der Waals surface area contributed by atoms with Crippen LogP contribution in [0.3, 0.4) is 0 Å². The number of carbonyl (C=O) groups is 1. The Hall–Kier alpha value is -1.96. The molecule has 0 bridgehead atoms. The van der Waals surface area contributed by atoms with Crippen molar-refractivity contribution in [1.82, 2.24) is 4.98 Å². The molecule has 1 aromatic heterocycles. The second-order valence-corrected chi connectivity index (χ2v) is 2.15. The van der Waals surface area contributed by atoms with Gasteiger partial charge >= 0.3 is 5.97 Å². The molecule has 5 heteroatoms. The van der Waals surface area contributed by atoms with E-state index in [4.69, 9.17) is 5.26 Å². The summed E-state index contributed by atoms with van der Waals surface area (Å²) in [5.41, 5.74) is -0.355. The number of hydrogen-bond acceptors (Lipinski definition) is 4. The maximum absolute atomic E-state index is 13.0. The lowest BCUT2D eigenvalue weighted by Crippen LogP contribution is -2.05. The average molecular weight is 180 g/mol. The number of esters is 1. The van der Waals surface area contributed by atoms with Crippen LogP contribution in [0.5, 0.6) is 0 Å². The average Bonchev–Trinajstić information content (AvgIpc) is 2.16. The molecule has 0 fully saturated rings. The van der Waals surface area contributed by atoms with E-state index in [0.717, 1.165) is 19.4 Å². The normalized spacial score (nSPS) is 9.00. The van der Waals surface area contributed by atoms with Crippen LogP contribution in [-0.2, 0) is 4.74 Å². The van der Waals surface area contributed by atoms with Crippen LogP contribution < -0.4 is 0 Å². The number of nitrogens with zero attached hydrogens (tertiary/aromatic N) is 2. The first-order chi connectivity index (χ1) is 6.19. The number of aromatic nitrogens is 1. The van der Waals surface area contributed by atoms with Crippen LogP contribution in [0.4, 0.5) is 4.39 Å². The van der Waals surface area contributed by atoms with Crippen LogP contribution in [0, 0.1) is 17.1 Å². The van der Waals surface area contributed by atoms with E-state index in [9.17, 15) is 9.18 Å². The van der Waals surface area contributed by atoms with E-state index < -0.39 is 11.8 Å². The van der Waals surface area contributed by atoms with Gasteiger partial charge in [0.1, 0.15) is 23.1 Å². The highest BCUT2D eigenvalue weighted by atomic mass is 19.1. The van der Waals surface area contributed by atoms with E-state index in [-0.39, 0.29) is 11.3 Å². The molecule has 1 rings (SSSR count). The van der Waals surface area contributed by atoms with E-state index in [0.29, 0.717) is 0 Å². The minimum atomic E-state index is -0.811. The lowest BCUT2D eigenvalue weighted by Gasteiger charge is -1.99. The molecule has 0 N–H and O–H groups in total. The van der Waals surface area contributed by atoms with E-state index in [1.165, 1.54) is 0 Å². The molecule has 1 aromatic rings. The van der Waals surface area contributed by atoms with Gasteiger partial charge in [0.05, 0.1) is 7.11 Å². The minimum absolute atomic E-state index is 0.0786. The van der Waals surface area contributed by atoms with Gasteiger partial charge in [0.25, 0.3) is 0 Å². The molecule has 0 saturated heterocycles. The van der Waals surface area contributed by atoms with Crippen molar-refractivity contribution in [3.05, 3.63) is 29.3 Å². The number of rotatable bonds is 1. The fraction of sp³-hybridized carbons (Fsp3) is 0.125. The zero-order chi connectivity index (χ0) is 9.84. The number of halogens is 1. The van der Waals surface area contributed by atoms with E-state index in [1.807, 2.05) is 0 Å². The van der Waals surface area contributed by atoms with Crippen molar-refractivity contribution in [1.29, 1.82) is 5.26 Å². The van der Waals surface area contributed by atoms with Gasteiger partial charge < -0.3 is 4.74 Å². The third kappa shape index (κ3) is 1.79. The predicted octanol–water partition coefficient (Wildman–Crippen LogP) is 0.879. The SMILES string of the molecule is COC(=O)c1cnc(C#N)cc1F. The van der Waals surface area contributed by atoms with Crippen LogP contribution in [0.2, 0.25) is 0 Å². The summed E-state index contributed by atoms with van der Waals surface area (Å²) in [5, 5.41) is 8.35. The first-order valence-corrected chi connectivity index (χ1v) is 3.33. The third-order valence-electron chi connectivity index (χ3n) is 1.37. The van der Waals surface area contributed by atoms with Crippen molar-refractivity contribution < 1.29 is 13.9 Å². The van der Waals surface area contributed by atoms with Crippen LogP contribution in [0.1, 0.15) is 16.1 Å². The molecule has 0 unspecified atom stereocenters. The van der Waals surface area contributed by atoms with Crippen molar-refractivity contribution >= 4 is 5.97 Å². The zero-order valence-electron chi connectivity index (χ0n) is 6.74. The summed E-state index contributed by atoms with van der Waals surface area (Å²) in [4.78, 5) is 14.4. The van der Waals surface area contributed by atoms with Gasteiger partial charge in [-0.15, -0.1) is 0 Å². The highest BCUT2D eigenvalue weighted by molar-refractivity contribution is 5.89. The molecule has 0 aliphatic carbocycles. The molecule has 0 amide bonds. The molecule has 4 nitrogen and oxygen atoms in total. The Labute approximate surface area is 73.6 Å². The lowest BCUT2D eigenvalue weighted by molar-refractivity contribution is 0.0595. The van der Waals surface area contributed by atoms with Crippen LogP contribution in [-0.4, -0.2) is 18.1 Å². The Kier molecular flexibility index (Phi) is 2.55. The maximum atomic E-state index is 13.0. The number of nitriles is 1. The van der Waals surface area contributed by atoms with Gasteiger partial charge in [-0.25, -0.2) is 14.2 Å². The van der Waals surface area contributed by atoms with Crippen molar-refractivity contribution in [3.63, 3.8) is 0 Å². The van der Waals surface area contributed by atoms with E-state index >= 15 is 0 Å². The first kappa shape index (κ1) is 9.13. The van der Waals surface area contributed by atoms with Crippen molar-refractivity contribution in [2.24, 2.45) is 0 Å². The van der Waals surface area contributed by atoms with Crippen LogP contribution in [0.25, 0.3) is 0 Å². The standard InChI is InChI=1S/C8H5FN2O2/c1-13-8(12)6-4-11-5(3-10)2-7(6)9/h2,4H,1H3. The highest BCUT2D eigenvalue weighted by Gasteiger charge is 2.12. The van der Waals surface area contributed by atoms with Gasteiger partial charge in [-0.05, 0) is 0 Å². The largest absolute Gasteiger partial charge is 0.465 e. The Morgan fingerprint density at radius 1 is 1.77 bits per heavy atom. The lowest BCUT2D eigenvalue weighted by atomic mass is 10.2. The molecular weight excluding hydrogens is 175 g/mol. The quantitative estimate of drug-likeness (QED) is 0.602. The van der Waals surface area contributed by atoms with E-state index in [1.54, 1.807) is 6.07 Å². The predicted molar refractivity (Wildman–Crippen MR) is 40.2 cm³/mol. The Balaban J connectivity index is 3.14. The molecule has 0 aliphatic rings. The van der Waals surface area contributed by atoms with E-state index in [2.05, 4.69) is 9.72 Å². The fourth-order valence-electron chi connectivity index (χ4n) is 0.752. The Bertz CT molecular complexity index is 384. The van der Waals surface area contributed by atoms with Crippen LogP contribution in [0.15, 0.2) is 12.3 Å². The number of carbonyl (C=O) groups excluding carboxylic acids is 1. The summed E-state index contributed by atoms with van der Waals surface area (Å²) in [6, 6.07) is 2.53. The van der Waals surface area contributed by atoms with Gasteiger partial charge in [-0.1, -0.05) is 0 Å². The second-order valence-electron chi connectivity index (χ2n) is 2.15. The van der Waals surface area contributed by atoms with Gasteiger partial charge in [-0.3, -0.25) is 0 Å². The summed E-state index contributed by atoms with van der Waals surface area (Å²) in [7, 11) is 1.14. The minimum Gasteiger partial charge on any atom is -0.465 e. The molecule has 66 valence electrons. The Morgan fingerprint density at radius 2 is 2.46 bits per heavy atom. The zero-order valence-corrected chi connectivity index (χ0v) is 6.74. The molecule has 0 spiro atoms. The van der Waals surface area contributed by atoms with Gasteiger partial charge in [0, 0.05) is 12.3 Å². The molecular formula is C8H5FN2O2. The van der Waals surface area contributed by atoms with Gasteiger partial charge in [0.15, 0.2) is 0 Å². The molecule has 0 radical (unpaired) electrons. The summed E-state index contributed by atoms with van der Waals surface area (Å²) >= 11 is 0. The number of methoxy groups -OCH3 is 1. The van der Waals surface area contributed by atoms with Crippen molar-refractivity contribution in [2.75, 3.05) is 7.11 Å². The summed E-state index contributed by atoms with van der Waals surface area (Å²) in [6.07, 6.45) is 0.972. The molecule has 0 aromatic carbocycles. The monoisotopic (exact) mass is 180 g/mol. The third-order valence-corrected chi connectivity index (χ3v) is 1.37. The molecule has 13 heavy (non-hydrogen) atoms. The second kappa shape index (κ2) is 3.63. The maximum Gasteiger partial charge on any atom is 0.342 e. The molecule has 0 aliphatic heterocycles. The highest BCUT2D eigenvalue weighted by Crippen LogP contribution is 2.07. The molecule has 0 saturated carbocycles. The van der Waals surface area contributed by atoms with Gasteiger partial charge in [0.2, 0.25) is 0 Å². The van der Waals surface area contributed by atoms with Gasteiger partial charge in [-0.2, -0.15) is 5.26 Å². The molecule has 0 atom stereocenters. The van der Waals surface area contributed by atoms with Crippen molar-refractivity contribution in [2.45, 2.75) is 0 Å². The number of pyridine rings is 1. The summed E-state index contributed by atoms with van der Waals surface area (Å²) < 4.78 is 17.3. The Morgan fingerprint density at radius 3 is 2.92 bits per heavy atom.